The van der Waals surface area contributed by atoms with E-state index in [0.29, 0.717) is 50.1 Å². The summed E-state index contributed by atoms with van der Waals surface area (Å²) < 4.78 is 40.2. The minimum Gasteiger partial charge on any atom is -0.480 e. The number of alkyl halides is 1. The van der Waals surface area contributed by atoms with Crippen molar-refractivity contribution in [3.05, 3.63) is 58.5 Å². The average molecular weight is 531 g/mol. The minimum atomic E-state index is -1.15. The lowest BCUT2D eigenvalue weighted by molar-refractivity contribution is -0.145. The first-order chi connectivity index (χ1) is 18.5. The molecule has 3 N–H and O–H groups in total. The molecule has 206 valence electrons. The molecule has 0 aliphatic carbocycles. The number of nitrogens with zero attached hydrogens (tertiary/aromatic N) is 2. The molecule has 3 atom stereocenters. The SMILES string of the molecule is O=C(O)C(c1cc(F)ccc1COC1COC1)N1CCC(C(F)CCCCc2ccc3c(n2)NCCC3)N1. The fourth-order valence-corrected chi connectivity index (χ4v) is 5.34. The van der Waals surface area contributed by atoms with E-state index in [4.69, 9.17) is 14.5 Å². The van der Waals surface area contributed by atoms with Crippen LogP contribution in [0.5, 0.6) is 0 Å². The van der Waals surface area contributed by atoms with Crippen LogP contribution in [0.15, 0.2) is 30.3 Å². The Hall–Kier alpha value is -2.66. The molecule has 3 aliphatic rings. The molecule has 1 aromatic heterocycles. The number of hydrogen-bond acceptors (Lipinski definition) is 7. The number of nitrogens with one attached hydrogen (secondary N) is 2. The first kappa shape index (κ1) is 26.9. The van der Waals surface area contributed by atoms with Crippen LogP contribution in [0.4, 0.5) is 14.6 Å². The van der Waals surface area contributed by atoms with Crippen molar-refractivity contribution >= 4 is 11.8 Å². The molecule has 0 saturated carbocycles. The summed E-state index contributed by atoms with van der Waals surface area (Å²) in [6.07, 6.45) is 4.22. The second kappa shape index (κ2) is 12.5. The number of pyridine rings is 1. The summed E-state index contributed by atoms with van der Waals surface area (Å²) in [7, 11) is 0. The third-order valence-corrected chi connectivity index (χ3v) is 7.59. The Morgan fingerprint density at radius 3 is 2.92 bits per heavy atom. The molecule has 3 aliphatic heterocycles. The van der Waals surface area contributed by atoms with Gasteiger partial charge >= 0.3 is 5.97 Å². The van der Waals surface area contributed by atoms with Crippen molar-refractivity contribution in [2.75, 3.05) is 31.6 Å². The maximum absolute atomic E-state index is 15.1. The molecule has 2 aromatic rings. The highest BCUT2D eigenvalue weighted by atomic mass is 19.1. The van der Waals surface area contributed by atoms with Gasteiger partial charge < -0.3 is 19.9 Å². The third-order valence-electron chi connectivity index (χ3n) is 7.59. The van der Waals surface area contributed by atoms with E-state index in [1.54, 1.807) is 6.07 Å². The lowest BCUT2D eigenvalue weighted by Crippen LogP contribution is -2.44. The molecular formula is C28H36F2N4O4. The summed E-state index contributed by atoms with van der Waals surface area (Å²) in [6, 6.07) is 6.65. The van der Waals surface area contributed by atoms with E-state index < -0.39 is 30.0 Å². The second-order valence-electron chi connectivity index (χ2n) is 10.4. The molecule has 2 saturated heterocycles. The van der Waals surface area contributed by atoms with Gasteiger partial charge in [0.25, 0.3) is 0 Å². The van der Waals surface area contributed by atoms with Gasteiger partial charge in [0, 0.05) is 18.8 Å². The van der Waals surface area contributed by atoms with Gasteiger partial charge in [-0.15, -0.1) is 0 Å². The van der Waals surface area contributed by atoms with Crippen LogP contribution in [-0.2, 0) is 33.7 Å². The zero-order chi connectivity index (χ0) is 26.5. The Balaban J connectivity index is 1.14. The van der Waals surface area contributed by atoms with Gasteiger partial charge in [-0.05, 0) is 73.4 Å². The van der Waals surface area contributed by atoms with Crippen LogP contribution in [0, 0.1) is 5.82 Å². The maximum Gasteiger partial charge on any atom is 0.326 e. The molecular weight excluding hydrogens is 494 g/mol. The van der Waals surface area contributed by atoms with Gasteiger partial charge in [-0.1, -0.05) is 18.6 Å². The van der Waals surface area contributed by atoms with Crippen molar-refractivity contribution in [2.45, 2.75) is 75.9 Å². The van der Waals surface area contributed by atoms with Crippen molar-refractivity contribution < 1.29 is 28.2 Å². The van der Waals surface area contributed by atoms with E-state index in [1.165, 1.54) is 22.7 Å². The van der Waals surface area contributed by atoms with Gasteiger partial charge in [-0.25, -0.2) is 24.2 Å². The second-order valence-corrected chi connectivity index (χ2v) is 10.4. The number of carbonyl (C=O) groups is 1. The highest BCUT2D eigenvalue weighted by molar-refractivity contribution is 5.76. The molecule has 38 heavy (non-hydrogen) atoms. The molecule has 0 amide bonds. The Bertz CT molecular complexity index is 1120. The molecule has 0 radical (unpaired) electrons. The third kappa shape index (κ3) is 6.48. The van der Waals surface area contributed by atoms with Crippen LogP contribution in [-0.4, -0.2) is 65.7 Å². The van der Waals surface area contributed by atoms with E-state index in [0.717, 1.165) is 43.7 Å². The van der Waals surface area contributed by atoms with Gasteiger partial charge in [0.2, 0.25) is 0 Å². The zero-order valence-corrected chi connectivity index (χ0v) is 21.5. The number of aliphatic carboxylic acids is 1. The summed E-state index contributed by atoms with van der Waals surface area (Å²) >= 11 is 0. The fraction of sp³-hybridized carbons (Fsp3) is 0.571. The summed E-state index contributed by atoms with van der Waals surface area (Å²) in [5, 5.41) is 14.9. The topological polar surface area (TPSA) is 96.0 Å². The number of halogens is 2. The lowest BCUT2D eigenvalue weighted by Gasteiger charge is -2.29. The first-order valence-corrected chi connectivity index (χ1v) is 13.6. The van der Waals surface area contributed by atoms with Crippen LogP contribution in [0.1, 0.15) is 60.5 Å². The number of carboxylic acid groups (broad SMARTS) is 1. The number of ether oxygens (including phenoxy) is 2. The molecule has 0 spiro atoms. The van der Waals surface area contributed by atoms with E-state index in [9.17, 15) is 14.3 Å². The van der Waals surface area contributed by atoms with Crippen molar-refractivity contribution in [2.24, 2.45) is 0 Å². The number of benzene rings is 1. The Kier molecular flexibility index (Phi) is 8.83. The van der Waals surface area contributed by atoms with Crippen molar-refractivity contribution in [3.8, 4) is 0 Å². The van der Waals surface area contributed by atoms with E-state index in [1.807, 2.05) is 0 Å². The maximum atomic E-state index is 15.1. The van der Waals surface area contributed by atoms with Crippen LogP contribution < -0.4 is 10.7 Å². The average Bonchev–Trinajstić information content (AvgIpc) is 3.36. The number of fused-ring (bicyclic) bond motifs is 1. The number of hydrogen-bond donors (Lipinski definition) is 3. The Morgan fingerprint density at radius 2 is 2.13 bits per heavy atom. The quantitative estimate of drug-likeness (QED) is 0.355. The summed E-state index contributed by atoms with van der Waals surface area (Å²) in [5.74, 6) is -0.671. The lowest BCUT2D eigenvalue weighted by atomic mass is 9.99. The molecule has 10 heteroatoms. The van der Waals surface area contributed by atoms with E-state index in [-0.39, 0.29) is 12.7 Å². The molecule has 8 nitrogen and oxygen atoms in total. The molecule has 3 unspecified atom stereocenters. The highest BCUT2D eigenvalue weighted by Gasteiger charge is 2.37. The van der Waals surface area contributed by atoms with Gasteiger partial charge in [-0.3, -0.25) is 4.79 Å². The molecule has 1 aromatic carbocycles. The van der Waals surface area contributed by atoms with Crippen LogP contribution in [0.3, 0.4) is 0 Å². The number of hydrazine groups is 1. The van der Waals surface area contributed by atoms with Gasteiger partial charge in [0.1, 0.15) is 30.0 Å². The number of aromatic nitrogens is 1. The van der Waals surface area contributed by atoms with Gasteiger partial charge in [0.05, 0.1) is 25.9 Å². The summed E-state index contributed by atoms with van der Waals surface area (Å²) in [5.41, 5.74) is 6.25. The zero-order valence-electron chi connectivity index (χ0n) is 21.5. The number of rotatable bonds is 12. The normalized spacial score (nSPS) is 21.4. The van der Waals surface area contributed by atoms with Crippen LogP contribution in [0.2, 0.25) is 0 Å². The Morgan fingerprint density at radius 1 is 1.26 bits per heavy atom. The van der Waals surface area contributed by atoms with Crippen LogP contribution in [0.25, 0.3) is 0 Å². The molecule has 2 fully saturated rings. The van der Waals surface area contributed by atoms with Gasteiger partial charge in [-0.2, -0.15) is 0 Å². The number of unbranched alkanes of at least 4 members (excludes halogenated alkanes) is 1. The number of anilines is 1. The number of carboxylic acids is 1. The first-order valence-electron chi connectivity index (χ1n) is 13.6. The fourth-order valence-electron chi connectivity index (χ4n) is 5.34. The largest absolute Gasteiger partial charge is 0.480 e. The highest BCUT2D eigenvalue weighted by Crippen LogP contribution is 2.30. The smallest absolute Gasteiger partial charge is 0.326 e. The van der Waals surface area contributed by atoms with E-state index in [2.05, 4.69) is 22.9 Å². The van der Waals surface area contributed by atoms with Crippen molar-refractivity contribution in [1.29, 1.82) is 0 Å². The number of aryl methyl sites for hydroxylation is 2. The van der Waals surface area contributed by atoms with E-state index >= 15 is 4.39 Å². The molecule has 0 bridgehead atoms. The summed E-state index contributed by atoms with van der Waals surface area (Å²) in [6.45, 7) is 2.44. The predicted octanol–water partition coefficient (Wildman–Crippen LogP) is 3.95. The molecule has 5 rings (SSSR count). The monoisotopic (exact) mass is 530 g/mol. The van der Waals surface area contributed by atoms with Crippen molar-refractivity contribution in [3.63, 3.8) is 0 Å². The summed E-state index contributed by atoms with van der Waals surface area (Å²) in [4.78, 5) is 17.0. The van der Waals surface area contributed by atoms with Crippen LogP contribution >= 0.6 is 0 Å². The van der Waals surface area contributed by atoms with Crippen molar-refractivity contribution in [1.82, 2.24) is 15.4 Å². The minimum absolute atomic E-state index is 0.0440. The standard InChI is InChI=1S/C28H36F2N4O4/c29-20-9-7-19(15-38-22-16-37-17-22)23(14-20)26(28(35)36)34-13-11-25(33-34)24(30)6-2-1-5-21-10-8-18-4-3-12-31-27(18)32-21/h7-10,14,22,24-26,33H,1-6,11-13,15-17H2,(H,31,32)(H,35,36). The Labute approximate surface area is 221 Å². The van der Waals surface area contributed by atoms with Gasteiger partial charge in [0.15, 0.2) is 0 Å². The molecule has 4 heterocycles. The predicted molar refractivity (Wildman–Crippen MR) is 138 cm³/mol.